The van der Waals surface area contributed by atoms with E-state index in [-0.39, 0.29) is 5.75 Å². The second-order valence-corrected chi connectivity index (χ2v) is 6.37. The van der Waals surface area contributed by atoms with Crippen molar-refractivity contribution >= 4 is 46.2 Å². The number of carbonyl (C=O) groups excluding carboxylic acids is 2. The molecule has 1 amide bonds. The second-order valence-electron chi connectivity index (χ2n) is 4.57. The monoisotopic (exact) mass is 341 g/mol. The fourth-order valence-electron chi connectivity index (χ4n) is 1.92. The van der Waals surface area contributed by atoms with Gasteiger partial charge < -0.3 is 10.4 Å². The van der Waals surface area contributed by atoms with Gasteiger partial charge in [0.25, 0.3) is 0 Å². The Hall–Kier alpha value is -1.87. The van der Waals surface area contributed by atoms with Gasteiger partial charge in [-0.1, -0.05) is 18.7 Å². The molecule has 2 N–H and O–H groups in total. The van der Waals surface area contributed by atoms with Gasteiger partial charge in [0.2, 0.25) is 5.91 Å². The Morgan fingerprint density at radius 3 is 2.91 bits per heavy atom. The van der Waals surface area contributed by atoms with E-state index in [9.17, 15) is 14.4 Å². The van der Waals surface area contributed by atoms with Crippen LogP contribution in [0.15, 0.2) is 10.4 Å². The number of nitrogens with one attached hydrogen (secondary N) is 1. The van der Waals surface area contributed by atoms with Crippen LogP contribution in [0.2, 0.25) is 0 Å². The van der Waals surface area contributed by atoms with Crippen molar-refractivity contribution in [3.05, 3.63) is 16.8 Å². The number of nitrogens with zero attached hydrogens (tertiary/aromatic N) is 2. The Bertz CT molecular complexity index is 722. The Kier molecular flexibility index (Phi) is 5.19. The lowest BCUT2D eigenvalue weighted by molar-refractivity contribution is -0.141. The first-order valence-corrected chi connectivity index (χ1v) is 8.41. The summed E-state index contributed by atoms with van der Waals surface area (Å²) in [5, 5.41) is 13.7. The summed E-state index contributed by atoms with van der Waals surface area (Å²) in [6, 6.07) is -0.897. The highest BCUT2D eigenvalue weighted by Crippen LogP contribution is 2.26. The zero-order chi connectivity index (χ0) is 16.3. The number of aldehydes is 1. The van der Waals surface area contributed by atoms with Crippen LogP contribution < -0.4 is 5.32 Å². The van der Waals surface area contributed by atoms with Gasteiger partial charge in [0.05, 0.1) is 5.75 Å². The molecule has 2 heterocycles. The highest BCUT2D eigenvalue weighted by molar-refractivity contribution is 8.00. The SMILES string of the molecule is CCC(NC(=O)CSc1nc2scc(C)n2c1C=O)C(=O)O. The van der Waals surface area contributed by atoms with E-state index in [4.69, 9.17) is 5.11 Å². The van der Waals surface area contributed by atoms with Crippen LogP contribution in [0.3, 0.4) is 0 Å². The molecular formula is C13H15N3O4S2. The molecule has 0 radical (unpaired) electrons. The number of fused-ring (bicyclic) bond motifs is 1. The first-order chi connectivity index (χ1) is 10.5. The number of imidazole rings is 1. The normalized spacial score (nSPS) is 12.3. The Balaban J connectivity index is 2.07. The molecule has 0 aliphatic carbocycles. The van der Waals surface area contributed by atoms with Gasteiger partial charge in [-0.05, 0) is 13.3 Å². The third kappa shape index (κ3) is 3.30. The number of hydrogen-bond donors (Lipinski definition) is 2. The predicted molar refractivity (Wildman–Crippen MR) is 83.8 cm³/mol. The largest absolute Gasteiger partial charge is 0.480 e. The van der Waals surface area contributed by atoms with Gasteiger partial charge in [-0.25, -0.2) is 9.78 Å². The molecule has 1 atom stereocenters. The molecule has 118 valence electrons. The molecule has 0 fully saturated rings. The van der Waals surface area contributed by atoms with Gasteiger partial charge in [0, 0.05) is 11.1 Å². The van der Waals surface area contributed by atoms with E-state index in [1.807, 2.05) is 12.3 Å². The molecular weight excluding hydrogens is 326 g/mol. The standard InChI is InChI=1S/C13H15N3O4S2/c1-3-8(12(19)20)14-10(18)6-21-11-9(4-17)16-7(2)5-22-13(16)15-11/h4-5,8H,3,6H2,1-2H3,(H,14,18)(H,19,20). The number of carboxylic acids is 1. The van der Waals surface area contributed by atoms with Crippen molar-refractivity contribution < 1.29 is 19.5 Å². The molecule has 0 aliphatic rings. The number of thiazole rings is 1. The van der Waals surface area contributed by atoms with Crippen molar-refractivity contribution in [2.75, 3.05) is 5.75 Å². The highest BCUT2D eigenvalue weighted by Gasteiger charge is 2.19. The van der Waals surface area contributed by atoms with Crippen molar-refractivity contribution in [3.8, 4) is 0 Å². The lowest BCUT2D eigenvalue weighted by atomic mass is 10.2. The van der Waals surface area contributed by atoms with Crippen molar-refractivity contribution in [2.45, 2.75) is 31.3 Å². The minimum atomic E-state index is -1.06. The average Bonchev–Trinajstić information content (AvgIpc) is 3.01. The van der Waals surface area contributed by atoms with Crippen LogP contribution in [0.25, 0.3) is 4.96 Å². The van der Waals surface area contributed by atoms with E-state index in [2.05, 4.69) is 10.3 Å². The van der Waals surface area contributed by atoms with Crippen LogP contribution in [-0.4, -0.2) is 44.4 Å². The quantitative estimate of drug-likeness (QED) is 0.586. The van der Waals surface area contributed by atoms with E-state index in [0.29, 0.717) is 28.4 Å². The fraction of sp³-hybridized carbons (Fsp3) is 0.385. The van der Waals surface area contributed by atoms with Gasteiger partial charge in [-0.2, -0.15) is 0 Å². The molecule has 0 spiro atoms. The van der Waals surface area contributed by atoms with Crippen LogP contribution in [0.1, 0.15) is 29.5 Å². The predicted octanol–water partition coefficient (Wildman–Crippen LogP) is 1.59. The van der Waals surface area contributed by atoms with Crippen LogP contribution >= 0.6 is 23.1 Å². The van der Waals surface area contributed by atoms with Crippen LogP contribution in [0.4, 0.5) is 0 Å². The number of thioether (sulfide) groups is 1. The van der Waals surface area contributed by atoms with Crippen molar-refractivity contribution in [2.24, 2.45) is 0 Å². The maximum atomic E-state index is 11.8. The first-order valence-electron chi connectivity index (χ1n) is 6.54. The van der Waals surface area contributed by atoms with E-state index >= 15 is 0 Å². The third-order valence-corrected chi connectivity index (χ3v) is 4.95. The van der Waals surface area contributed by atoms with E-state index in [1.165, 1.54) is 11.3 Å². The van der Waals surface area contributed by atoms with Gasteiger partial charge in [-0.3, -0.25) is 14.0 Å². The number of aryl methyl sites for hydroxylation is 1. The van der Waals surface area contributed by atoms with Crippen LogP contribution in [0.5, 0.6) is 0 Å². The topological polar surface area (TPSA) is 101 Å². The number of aliphatic carboxylic acids is 1. The zero-order valence-electron chi connectivity index (χ0n) is 12.0. The summed E-state index contributed by atoms with van der Waals surface area (Å²) in [4.78, 5) is 39.0. The average molecular weight is 341 g/mol. The summed E-state index contributed by atoms with van der Waals surface area (Å²) in [7, 11) is 0. The lowest BCUT2D eigenvalue weighted by Gasteiger charge is -2.11. The summed E-state index contributed by atoms with van der Waals surface area (Å²) in [6.07, 6.45) is 1.02. The van der Waals surface area contributed by atoms with Crippen molar-refractivity contribution in [3.63, 3.8) is 0 Å². The third-order valence-electron chi connectivity index (χ3n) is 3.03. The summed E-state index contributed by atoms with van der Waals surface area (Å²) in [5.74, 6) is -1.45. The van der Waals surface area contributed by atoms with Crippen LogP contribution in [0, 0.1) is 6.92 Å². The van der Waals surface area contributed by atoms with Crippen molar-refractivity contribution in [1.29, 1.82) is 0 Å². The molecule has 0 saturated carbocycles. The second kappa shape index (κ2) is 6.93. The molecule has 2 aromatic rings. The molecule has 0 aromatic carbocycles. The Morgan fingerprint density at radius 1 is 1.59 bits per heavy atom. The summed E-state index contributed by atoms with van der Waals surface area (Å²) in [6.45, 7) is 3.56. The molecule has 2 aromatic heterocycles. The molecule has 0 bridgehead atoms. The number of rotatable bonds is 7. The minimum Gasteiger partial charge on any atom is -0.480 e. The molecule has 0 aliphatic heterocycles. The number of aromatic nitrogens is 2. The minimum absolute atomic E-state index is 0.00843. The maximum absolute atomic E-state index is 11.8. The number of amides is 1. The van der Waals surface area contributed by atoms with Crippen LogP contribution in [-0.2, 0) is 9.59 Å². The molecule has 9 heteroatoms. The van der Waals surface area contributed by atoms with Gasteiger partial charge in [0.15, 0.2) is 11.2 Å². The van der Waals surface area contributed by atoms with Crippen molar-refractivity contribution in [1.82, 2.24) is 14.7 Å². The molecule has 2 rings (SSSR count). The van der Waals surface area contributed by atoms with Gasteiger partial charge >= 0.3 is 5.97 Å². The zero-order valence-corrected chi connectivity index (χ0v) is 13.7. The van der Waals surface area contributed by atoms with E-state index in [1.54, 1.807) is 11.3 Å². The summed E-state index contributed by atoms with van der Waals surface area (Å²) in [5.41, 5.74) is 1.32. The molecule has 22 heavy (non-hydrogen) atoms. The summed E-state index contributed by atoms with van der Waals surface area (Å²) >= 11 is 2.54. The van der Waals surface area contributed by atoms with E-state index in [0.717, 1.165) is 17.5 Å². The fourth-order valence-corrected chi connectivity index (χ4v) is 3.64. The van der Waals surface area contributed by atoms with Gasteiger partial charge in [-0.15, -0.1) is 11.3 Å². The smallest absolute Gasteiger partial charge is 0.326 e. The molecule has 1 unspecified atom stereocenters. The van der Waals surface area contributed by atoms with E-state index < -0.39 is 17.9 Å². The first kappa shape index (κ1) is 16.5. The Labute approximate surface area is 134 Å². The molecule has 0 saturated heterocycles. The number of hydrogen-bond acceptors (Lipinski definition) is 6. The Morgan fingerprint density at radius 2 is 2.32 bits per heavy atom. The molecule has 7 nitrogen and oxygen atoms in total. The summed E-state index contributed by atoms with van der Waals surface area (Å²) < 4.78 is 1.74. The maximum Gasteiger partial charge on any atom is 0.326 e. The highest BCUT2D eigenvalue weighted by atomic mass is 32.2. The lowest BCUT2D eigenvalue weighted by Crippen LogP contribution is -2.41. The van der Waals surface area contributed by atoms with Gasteiger partial charge in [0.1, 0.15) is 16.8 Å². The number of carbonyl (C=O) groups is 3. The number of carboxylic acid groups (broad SMARTS) is 1.